The summed E-state index contributed by atoms with van der Waals surface area (Å²) in [6.07, 6.45) is 3.76. The summed E-state index contributed by atoms with van der Waals surface area (Å²) < 4.78 is 2.20. The Morgan fingerprint density at radius 2 is 1.07 bits per heavy atom. The van der Waals surface area contributed by atoms with Crippen molar-refractivity contribution in [2.45, 2.75) is 13.5 Å². The highest BCUT2D eigenvalue weighted by atomic mass is 15.1. The Bertz CT molecular complexity index is 2780. The van der Waals surface area contributed by atoms with Gasteiger partial charge in [0.15, 0.2) is 5.82 Å². The fourth-order valence-corrected chi connectivity index (χ4v) is 7.62. The van der Waals surface area contributed by atoms with Crippen LogP contribution in [0.25, 0.3) is 98.4 Å². The zero-order chi connectivity index (χ0) is 29.6. The lowest BCUT2D eigenvalue weighted by Crippen LogP contribution is -1.99. The van der Waals surface area contributed by atoms with Crippen LogP contribution < -0.4 is 0 Å². The number of imidazole rings is 1. The zero-order valence-corrected chi connectivity index (χ0v) is 24.6. The molecule has 2 aromatic heterocycles. The van der Waals surface area contributed by atoms with Gasteiger partial charge >= 0.3 is 0 Å². The molecule has 0 fully saturated rings. The Hall–Kier alpha value is -5.87. The molecule has 10 aromatic rings. The number of benzene rings is 7. The molecule has 4 heteroatoms. The molecule has 45 heavy (non-hydrogen) atoms. The fraction of sp³-hybridized carbons (Fsp3) is 0.0488. The zero-order valence-electron chi connectivity index (χ0n) is 24.6. The van der Waals surface area contributed by atoms with Crippen LogP contribution in [0, 0.1) is 0 Å². The van der Waals surface area contributed by atoms with Crippen LogP contribution in [0.2, 0.25) is 0 Å². The third kappa shape index (κ3) is 3.39. The molecule has 0 aliphatic rings. The van der Waals surface area contributed by atoms with E-state index in [1.807, 2.05) is 24.5 Å². The lowest BCUT2D eigenvalue weighted by Gasteiger charge is -2.17. The van der Waals surface area contributed by atoms with Crippen LogP contribution in [0.5, 0.6) is 0 Å². The molecule has 8 aromatic carbocycles. The lowest BCUT2D eigenvalue weighted by atomic mass is 9.87. The quantitative estimate of drug-likeness (QED) is 0.197. The summed E-state index contributed by atoms with van der Waals surface area (Å²) in [5.74, 6) is 0.844. The van der Waals surface area contributed by atoms with E-state index < -0.39 is 0 Å². The van der Waals surface area contributed by atoms with Crippen molar-refractivity contribution in [3.05, 3.63) is 128 Å². The molecule has 210 valence electrons. The predicted octanol–water partition coefficient (Wildman–Crippen LogP) is 10.5. The van der Waals surface area contributed by atoms with E-state index in [0.29, 0.717) is 0 Å². The first-order valence-corrected chi connectivity index (χ1v) is 15.5. The van der Waals surface area contributed by atoms with Crippen molar-refractivity contribution in [3.8, 4) is 22.8 Å². The van der Waals surface area contributed by atoms with E-state index in [1.54, 1.807) is 0 Å². The van der Waals surface area contributed by atoms with Crippen molar-refractivity contribution in [1.29, 1.82) is 0 Å². The number of nitrogens with zero attached hydrogens (tertiary/aromatic N) is 4. The molecular weight excluding hydrogens is 548 g/mol. The summed E-state index contributed by atoms with van der Waals surface area (Å²) in [6.45, 7) is 2.95. The minimum Gasteiger partial charge on any atom is -0.323 e. The lowest BCUT2D eigenvalue weighted by molar-refractivity contribution is 0.792. The Labute approximate surface area is 258 Å². The monoisotopic (exact) mass is 574 g/mol. The molecule has 10 rings (SSSR count). The molecule has 2 heterocycles. The van der Waals surface area contributed by atoms with Gasteiger partial charge in [0.1, 0.15) is 5.69 Å². The number of hydrogen-bond acceptors (Lipinski definition) is 3. The van der Waals surface area contributed by atoms with Gasteiger partial charge in [0.25, 0.3) is 0 Å². The molecule has 0 spiro atoms. The maximum Gasteiger partial charge on any atom is 0.161 e. The van der Waals surface area contributed by atoms with E-state index in [9.17, 15) is 0 Å². The maximum absolute atomic E-state index is 4.98. The van der Waals surface area contributed by atoms with Gasteiger partial charge in [0.05, 0.1) is 29.1 Å². The Kier molecular flexibility index (Phi) is 4.95. The van der Waals surface area contributed by atoms with Gasteiger partial charge in [-0.1, -0.05) is 91.0 Å². The smallest absolute Gasteiger partial charge is 0.161 e. The number of aromatic nitrogens is 4. The first-order valence-electron chi connectivity index (χ1n) is 15.5. The first-order chi connectivity index (χ1) is 22.3. The molecular formula is C41H26N4. The molecule has 0 aliphatic heterocycles. The SMILES string of the molecule is CCn1c(-c2cnc(-c3cc4ccc5cccc6c7cccc8ccc9cccc(c(c3)c4c56)c9c87)cn2)nc2ccccc21. The number of para-hydroxylation sites is 2. The van der Waals surface area contributed by atoms with Crippen LogP contribution in [0.3, 0.4) is 0 Å². The summed E-state index contributed by atoms with van der Waals surface area (Å²) in [4.78, 5) is 14.8. The summed E-state index contributed by atoms with van der Waals surface area (Å²) >= 11 is 0. The van der Waals surface area contributed by atoms with Gasteiger partial charge in [-0.15, -0.1) is 0 Å². The van der Waals surface area contributed by atoms with Gasteiger partial charge in [-0.25, -0.2) is 9.97 Å². The standard InChI is InChI=1S/C41H26N4/c1-2-45-36-15-4-3-14-33(36)44-41(45)35-23-42-34(22-43-35)28-20-27-19-18-26-9-6-12-30-29-11-5-8-24-16-17-25-10-7-13-31(39(25)37(24)29)32(21-28)40(27)38(26)30/h3-23H,2H2,1H3. The molecule has 0 amide bonds. The third-order valence-electron chi connectivity index (χ3n) is 9.57. The van der Waals surface area contributed by atoms with E-state index in [-0.39, 0.29) is 0 Å². The van der Waals surface area contributed by atoms with Crippen LogP contribution in [-0.2, 0) is 6.54 Å². The molecule has 0 radical (unpaired) electrons. The highest BCUT2D eigenvalue weighted by Gasteiger charge is 2.17. The van der Waals surface area contributed by atoms with Gasteiger partial charge in [0.2, 0.25) is 0 Å². The van der Waals surface area contributed by atoms with E-state index >= 15 is 0 Å². The molecule has 0 saturated carbocycles. The van der Waals surface area contributed by atoms with Gasteiger partial charge in [-0.05, 0) is 95.8 Å². The molecule has 0 saturated heterocycles. The maximum atomic E-state index is 4.98. The Balaban J connectivity index is 1.29. The second kappa shape index (κ2) is 9.07. The summed E-state index contributed by atoms with van der Waals surface area (Å²) in [7, 11) is 0. The van der Waals surface area contributed by atoms with Crippen LogP contribution in [-0.4, -0.2) is 19.5 Å². The van der Waals surface area contributed by atoms with Crippen LogP contribution in [0.4, 0.5) is 0 Å². The molecule has 0 bridgehead atoms. The van der Waals surface area contributed by atoms with Crippen molar-refractivity contribution in [1.82, 2.24) is 19.5 Å². The molecule has 4 nitrogen and oxygen atoms in total. The predicted molar refractivity (Wildman–Crippen MR) is 188 cm³/mol. The molecule has 0 aliphatic carbocycles. The minimum atomic E-state index is 0.774. The highest BCUT2D eigenvalue weighted by Crippen LogP contribution is 2.44. The highest BCUT2D eigenvalue weighted by molar-refractivity contribution is 6.37. The van der Waals surface area contributed by atoms with Crippen molar-refractivity contribution in [2.24, 2.45) is 0 Å². The van der Waals surface area contributed by atoms with E-state index in [2.05, 4.69) is 115 Å². The Morgan fingerprint density at radius 1 is 0.511 bits per heavy atom. The molecule has 0 atom stereocenters. The number of hydrogen-bond donors (Lipinski definition) is 0. The third-order valence-corrected chi connectivity index (χ3v) is 9.57. The van der Waals surface area contributed by atoms with E-state index in [0.717, 1.165) is 40.4 Å². The van der Waals surface area contributed by atoms with Gasteiger partial charge in [0, 0.05) is 12.1 Å². The Morgan fingerprint density at radius 3 is 1.69 bits per heavy atom. The minimum absolute atomic E-state index is 0.774. The second-order valence-electron chi connectivity index (χ2n) is 11.9. The molecule has 0 N–H and O–H groups in total. The number of fused-ring (bicyclic) bond motifs is 3. The number of rotatable bonds is 3. The second-order valence-corrected chi connectivity index (χ2v) is 11.9. The molecule has 0 unspecified atom stereocenters. The number of aryl methyl sites for hydroxylation is 1. The van der Waals surface area contributed by atoms with Gasteiger partial charge < -0.3 is 4.57 Å². The summed E-state index contributed by atoms with van der Waals surface area (Å²) in [6, 6.07) is 42.0. The topological polar surface area (TPSA) is 43.6 Å². The van der Waals surface area contributed by atoms with Gasteiger partial charge in [-0.2, -0.15) is 0 Å². The van der Waals surface area contributed by atoms with E-state index in [1.165, 1.54) is 64.6 Å². The fourth-order valence-electron chi connectivity index (χ4n) is 7.62. The van der Waals surface area contributed by atoms with Crippen LogP contribution in [0.1, 0.15) is 6.92 Å². The first kappa shape index (κ1) is 24.6. The largest absolute Gasteiger partial charge is 0.323 e. The summed E-state index contributed by atoms with van der Waals surface area (Å²) in [5, 5.41) is 15.2. The van der Waals surface area contributed by atoms with E-state index in [4.69, 9.17) is 15.0 Å². The van der Waals surface area contributed by atoms with Crippen molar-refractivity contribution in [3.63, 3.8) is 0 Å². The van der Waals surface area contributed by atoms with Crippen molar-refractivity contribution < 1.29 is 0 Å². The average molecular weight is 575 g/mol. The van der Waals surface area contributed by atoms with Crippen LogP contribution >= 0.6 is 0 Å². The normalized spacial score (nSPS) is 12.2. The van der Waals surface area contributed by atoms with Crippen molar-refractivity contribution in [2.75, 3.05) is 0 Å². The average Bonchev–Trinajstić information content (AvgIpc) is 3.48. The van der Waals surface area contributed by atoms with Gasteiger partial charge in [-0.3, -0.25) is 4.98 Å². The van der Waals surface area contributed by atoms with Crippen LogP contribution in [0.15, 0.2) is 128 Å². The van der Waals surface area contributed by atoms with Crippen molar-refractivity contribution >= 4 is 75.7 Å². The summed E-state index contributed by atoms with van der Waals surface area (Å²) in [5.41, 5.74) is 4.75.